The third-order valence-electron chi connectivity index (χ3n) is 2.55. The second-order valence-electron chi connectivity index (χ2n) is 4.16. The average Bonchev–Trinajstić information content (AvgIpc) is 2.33. The summed E-state index contributed by atoms with van der Waals surface area (Å²) in [5.74, 6) is -0.646. The number of rotatable bonds is 3. The summed E-state index contributed by atoms with van der Waals surface area (Å²) in [7, 11) is -3.94. The highest BCUT2D eigenvalue weighted by atomic mass is 79.9. The Bertz CT molecular complexity index is 765. The lowest BCUT2D eigenvalue weighted by Crippen LogP contribution is -2.14. The van der Waals surface area contributed by atoms with Crippen LogP contribution in [0.3, 0.4) is 0 Å². The Morgan fingerprint density at radius 2 is 1.90 bits per heavy atom. The van der Waals surface area contributed by atoms with E-state index in [4.69, 9.17) is 11.6 Å². The van der Waals surface area contributed by atoms with Crippen molar-refractivity contribution in [3.63, 3.8) is 0 Å². The number of sulfonamides is 1. The quantitative estimate of drug-likeness (QED) is 0.863. The summed E-state index contributed by atoms with van der Waals surface area (Å²) in [4.78, 5) is -0.108. The lowest BCUT2D eigenvalue weighted by Gasteiger charge is -2.11. The highest BCUT2D eigenvalue weighted by Crippen LogP contribution is 2.27. The largest absolute Gasteiger partial charge is 0.277 e. The topological polar surface area (TPSA) is 46.2 Å². The summed E-state index contributed by atoms with van der Waals surface area (Å²) in [5.41, 5.74) is 0.634. The summed E-state index contributed by atoms with van der Waals surface area (Å²) in [6, 6.07) is 8.54. The van der Waals surface area contributed by atoms with Gasteiger partial charge in [0.25, 0.3) is 10.0 Å². The smallest absolute Gasteiger partial charge is 0.263 e. The molecule has 7 heteroatoms. The first-order chi connectivity index (χ1) is 9.29. The van der Waals surface area contributed by atoms with Gasteiger partial charge >= 0.3 is 0 Å². The summed E-state index contributed by atoms with van der Waals surface area (Å²) < 4.78 is 40.9. The van der Waals surface area contributed by atoms with E-state index in [1.54, 1.807) is 19.1 Å². The van der Waals surface area contributed by atoms with Crippen LogP contribution >= 0.6 is 27.5 Å². The van der Waals surface area contributed by atoms with Crippen LogP contribution in [0.5, 0.6) is 0 Å². The Morgan fingerprint density at radius 3 is 2.55 bits per heavy atom. The van der Waals surface area contributed by atoms with Gasteiger partial charge < -0.3 is 0 Å². The molecule has 2 aromatic rings. The molecule has 0 aliphatic heterocycles. The van der Waals surface area contributed by atoms with Crippen molar-refractivity contribution in [3.8, 4) is 0 Å². The van der Waals surface area contributed by atoms with Crippen LogP contribution in [-0.2, 0) is 10.0 Å². The molecule has 0 unspecified atom stereocenters. The van der Waals surface area contributed by atoms with E-state index in [0.29, 0.717) is 4.47 Å². The van der Waals surface area contributed by atoms with Crippen LogP contribution in [-0.4, -0.2) is 8.42 Å². The number of hydrogen-bond donors (Lipinski definition) is 1. The fourth-order valence-electron chi connectivity index (χ4n) is 1.61. The Labute approximate surface area is 130 Å². The predicted octanol–water partition coefficient (Wildman–Crippen LogP) is 4.35. The number of hydrogen-bond acceptors (Lipinski definition) is 2. The van der Waals surface area contributed by atoms with E-state index in [0.717, 1.165) is 5.56 Å². The van der Waals surface area contributed by atoms with Gasteiger partial charge in [0.05, 0.1) is 10.7 Å². The molecule has 0 amide bonds. The summed E-state index contributed by atoms with van der Waals surface area (Å²) in [6.45, 7) is 1.74. The molecule has 106 valence electrons. The molecule has 0 saturated carbocycles. The van der Waals surface area contributed by atoms with Crippen LogP contribution in [0.25, 0.3) is 0 Å². The van der Waals surface area contributed by atoms with Crippen LogP contribution < -0.4 is 4.72 Å². The molecule has 2 rings (SSSR count). The van der Waals surface area contributed by atoms with Crippen molar-refractivity contribution in [3.05, 3.63) is 57.3 Å². The first kappa shape index (κ1) is 15.3. The number of benzene rings is 2. The van der Waals surface area contributed by atoms with Gasteiger partial charge in [0.2, 0.25) is 0 Å². The molecule has 0 radical (unpaired) electrons. The molecule has 2 aromatic carbocycles. The average molecular weight is 379 g/mol. The minimum Gasteiger partial charge on any atom is -0.277 e. The van der Waals surface area contributed by atoms with Gasteiger partial charge in [-0.25, -0.2) is 12.8 Å². The molecule has 0 heterocycles. The summed E-state index contributed by atoms with van der Waals surface area (Å²) in [5, 5.41) is 0.0555. The lowest BCUT2D eigenvalue weighted by molar-refractivity contribution is 0.598. The summed E-state index contributed by atoms with van der Waals surface area (Å²) >= 11 is 9.10. The standard InChI is InChI=1S/C13H10BrClFNO2S/c1-8-2-4-11(16)12(6-8)17-20(18,19)13-5-3-9(14)7-10(13)15/h2-7,17H,1H3. The molecule has 20 heavy (non-hydrogen) atoms. The normalized spacial score (nSPS) is 11.4. The lowest BCUT2D eigenvalue weighted by atomic mass is 10.2. The van der Waals surface area contributed by atoms with Crippen LogP contribution in [0.4, 0.5) is 10.1 Å². The third kappa shape index (κ3) is 3.31. The molecule has 3 nitrogen and oxygen atoms in total. The maximum Gasteiger partial charge on any atom is 0.263 e. The Hall–Kier alpha value is -1.11. The SMILES string of the molecule is Cc1ccc(F)c(NS(=O)(=O)c2ccc(Br)cc2Cl)c1. The van der Waals surface area contributed by atoms with Crippen molar-refractivity contribution in [2.24, 2.45) is 0 Å². The Balaban J connectivity index is 2.43. The first-order valence-corrected chi connectivity index (χ1v) is 8.19. The zero-order valence-corrected chi connectivity index (χ0v) is 13.5. The fraction of sp³-hybridized carbons (Fsp3) is 0.0769. The predicted molar refractivity (Wildman–Crippen MR) is 81.1 cm³/mol. The second kappa shape index (κ2) is 5.71. The molecule has 0 spiro atoms. The van der Waals surface area contributed by atoms with E-state index < -0.39 is 15.8 Å². The van der Waals surface area contributed by atoms with Gasteiger partial charge in [-0.2, -0.15) is 0 Å². The van der Waals surface area contributed by atoms with Crippen molar-refractivity contribution in [2.45, 2.75) is 11.8 Å². The van der Waals surface area contributed by atoms with E-state index >= 15 is 0 Å². The number of anilines is 1. The Kier molecular flexibility index (Phi) is 4.36. The van der Waals surface area contributed by atoms with E-state index in [1.807, 2.05) is 0 Å². The van der Waals surface area contributed by atoms with Crippen molar-refractivity contribution in [1.29, 1.82) is 0 Å². The molecule has 0 aliphatic carbocycles. The highest BCUT2D eigenvalue weighted by molar-refractivity contribution is 9.10. The minimum absolute atomic E-state index is 0.0555. The van der Waals surface area contributed by atoms with Crippen molar-refractivity contribution >= 4 is 43.2 Å². The monoisotopic (exact) mass is 377 g/mol. The molecule has 1 N–H and O–H groups in total. The molecular weight excluding hydrogens is 369 g/mol. The maximum atomic E-state index is 13.6. The molecule has 0 atom stereocenters. The van der Waals surface area contributed by atoms with E-state index in [2.05, 4.69) is 20.7 Å². The van der Waals surface area contributed by atoms with Crippen molar-refractivity contribution in [1.82, 2.24) is 0 Å². The first-order valence-electron chi connectivity index (χ1n) is 5.53. The van der Waals surface area contributed by atoms with Crippen LogP contribution in [0.1, 0.15) is 5.56 Å². The van der Waals surface area contributed by atoms with E-state index in [1.165, 1.54) is 24.3 Å². The number of aryl methyl sites for hydroxylation is 1. The van der Waals surface area contributed by atoms with E-state index in [9.17, 15) is 12.8 Å². The number of halogens is 3. The zero-order chi connectivity index (χ0) is 14.9. The third-order valence-corrected chi connectivity index (χ3v) is 4.89. The van der Waals surface area contributed by atoms with Gasteiger partial charge in [0.1, 0.15) is 10.7 Å². The van der Waals surface area contributed by atoms with Gasteiger partial charge in [-0.3, -0.25) is 4.72 Å². The van der Waals surface area contributed by atoms with Crippen molar-refractivity contribution < 1.29 is 12.8 Å². The molecular formula is C13H10BrClFNO2S. The van der Waals surface area contributed by atoms with Gasteiger partial charge in [0.15, 0.2) is 0 Å². The highest BCUT2D eigenvalue weighted by Gasteiger charge is 2.19. The van der Waals surface area contributed by atoms with Crippen LogP contribution in [0.2, 0.25) is 5.02 Å². The van der Waals surface area contributed by atoms with Crippen LogP contribution in [0.15, 0.2) is 45.8 Å². The maximum absolute atomic E-state index is 13.6. The molecule has 0 saturated heterocycles. The van der Waals surface area contributed by atoms with Gasteiger partial charge in [-0.15, -0.1) is 0 Å². The molecule has 0 aromatic heterocycles. The molecule has 0 fully saturated rings. The zero-order valence-electron chi connectivity index (χ0n) is 10.3. The molecule has 0 aliphatic rings. The van der Waals surface area contributed by atoms with Crippen molar-refractivity contribution in [2.75, 3.05) is 4.72 Å². The minimum atomic E-state index is -3.94. The Morgan fingerprint density at radius 1 is 1.20 bits per heavy atom. The van der Waals surface area contributed by atoms with Gasteiger partial charge in [-0.05, 0) is 42.8 Å². The van der Waals surface area contributed by atoms with E-state index in [-0.39, 0.29) is 15.6 Å². The van der Waals surface area contributed by atoms with Gasteiger partial charge in [-0.1, -0.05) is 33.6 Å². The second-order valence-corrected chi connectivity index (χ2v) is 7.14. The molecule has 0 bridgehead atoms. The van der Waals surface area contributed by atoms with Crippen LogP contribution in [0, 0.1) is 12.7 Å². The number of nitrogens with one attached hydrogen (secondary N) is 1. The summed E-state index contributed by atoms with van der Waals surface area (Å²) in [6.07, 6.45) is 0. The van der Waals surface area contributed by atoms with Gasteiger partial charge in [0, 0.05) is 4.47 Å². The fourth-order valence-corrected chi connectivity index (χ4v) is 3.71.